The van der Waals surface area contributed by atoms with Gasteiger partial charge in [0.2, 0.25) is 5.91 Å². The van der Waals surface area contributed by atoms with Crippen LogP contribution in [-0.4, -0.2) is 21.7 Å². The molecular weight excluding hydrogens is 286 g/mol. The standard InChI is InChI=1S/C19H25N3O/c1-2-17(12-15-8-4-3-5-9-15)20-19(23)14-22-13-16-10-6-7-11-18(16)21-22/h3-5,8-9,13,17H,2,6-7,10-12,14H2,1H3,(H,20,23)/t17-/m1/s1. The van der Waals surface area contributed by atoms with Gasteiger partial charge in [-0.3, -0.25) is 9.48 Å². The molecule has 1 aromatic heterocycles. The fraction of sp³-hybridized carbons (Fsp3) is 0.474. The van der Waals surface area contributed by atoms with E-state index in [1.54, 1.807) is 4.68 Å². The van der Waals surface area contributed by atoms with Gasteiger partial charge in [0.1, 0.15) is 6.54 Å². The lowest BCUT2D eigenvalue weighted by Gasteiger charge is -2.17. The molecule has 0 unspecified atom stereocenters. The van der Waals surface area contributed by atoms with Crippen molar-refractivity contribution >= 4 is 5.91 Å². The maximum Gasteiger partial charge on any atom is 0.241 e. The summed E-state index contributed by atoms with van der Waals surface area (Å²) in [6, 6.07) is 10.5. The molecule has 1 atom stereocenters. The van der Waals surface area contributed by atoms with E-state index in [0.717, 1.165) is 25.7 Å². The minimum atomic E-state index is 0.0487. The predicted octanol–water partition coefficient (Wildman–Crippen LogP) is 2.90. The summed E-state index contributed by atoms with van der Waals surface area (Å²) in [6.07, 6.45) is 8.45. The summed E-state index contributed by atoms with van der Waals surface area (Å²) in [6.45, 7) is 2.43. The van der Waals surface area contributed by atoms with Crippen molar-refractivity contribution in [3.8, 4) is 0 Å². The first-order valence-corrected chi connectivity index (χ1v) is 8.63. The number of nitrogens with one attached hydrogen (secondary N) is 1. The van der Waals surface area contributed by atoms with Crippen molar-refractivity contribution in [3.05, 3.63) is 53.3 Å². The first-order chi connectivity index (χ1) is 11.2. The monoisotopic (exact) mass is 311 g/mol. The first kappa shape index (κ1) is 15.8. The molecular formula is C19H25N3O. The zero-order valence-corrected chi connectivity index (χ0v) is 13.8. The molecule has 0 saturated carbocycles. The average molecular weight is 311 g/mol. The second-order valence-corrected chi connectivity index (χ2v) is 6.37. The molecule has 4 nitrogen and oxygen atoms in total. The predicted molar refractivity (Wildman–Crippen MR) is 91.2 cm³/mol. The Bertz CT molecular complexity index is 624. The van der Waals surface area contributed by atoms with Gasteiger partial charge in [-0.25, -0.2) is 0 Å². The van der Waals surface area contributed by atoms with Gasteiger partial charge in [-0.1, -0.05) is 37.3 Å². The molecule has 23 heavy (non-hydrogen) atoms. The molecule has 0 fully saturated rings. The third-order valence-corrected chi connectivity index (χ3v) is 4.52. The van der Waals surface area contributed by atoms with E-state index in [1.807, 2.05) is 24.4 Å². The van der Waals surface area contributed by atoms with Crippen LogP contribution in [0.2, 0.25) is 0 Å². The lowest BCUT2D eigenvalue weighted by atomic mass is 9.99. The van der Waals surface area contributed by atoms with Crippen molar-refractivity contribution in [1.29, 1.82) is 0 Å². The van der Waals surface area contributed by atoms with Gasteiger partial charge < -0.3 is 5.32 Å². The minimum absolute atomic E-state index is 0.0487. The maximum atomic E-state index is 12.3. The summed E-state index contributed by atoms with van der Waals surface area (Å²) in [5.74, 6) is 0.0487. The van der Waals surface area contributed by atoms with Crippen molar-refractivity contribution in [3.63, 3.8) is 0 Å². The smallest absolute Gasteiger partial charge is 0.241 e. The first-order valence-electron chi connectivity index (χ1n) is 8.63. The average Bonchev–Trinajstić information content (AvgIpc) is 2.97. The largest absolute Gasteiger partial charge is 0.351 e. The van der Waals surface area contributed by atoms with Gasteiger partial charge in [0.15, 0.2) is 0 Å². The molecule has 0 spiro atoms. The van der Waals surface area contributed by atoms with Crippen LogP contribution in [0.1, 0.15) is 43.0 Å². The highest BCUT2D eigenvalue weighted by Crippen LogP contribution is 2.19. The Hall–Kier alpha value is -2.10. The van der Waals surface area contributed by atoms with Crippen molar-refractivity contribution in [2.24, 2.45) is 0 Å². The Morgan fingerprint density at radius 2 is 2.04 bits per heavy atom. The van der Waals surface area contributed by atoms with Crippen molar-refractivity contribution in [2.75, 3.05) is 0 Å². The van der Waals surface area contributed by atoms with Gasteiger partial charge in [-0.05, 0) is 49.7 Å². The summed E-state index contributed by atoms with van der Waals surface area (Å²) in [5.41, 5.74) is 3.76. The van der Waals surface area contributed by atoms with Crippen LogP contribution in [0.25, 0.3) is 0 Å². The second kappa shape index (κ2) is 7.44. The normalized spacial score (nSPS) is 15.0. The Labute approximate surface area is 137 Å². The highest BCUT2D eigenvalue weighted by molar-refractivity contribution is 5.76. The highest BCUT2D eigenvalue weighted by Gasteiger charge is 2.16. The molecule has 122 valence electrons. The summed E-state index contributed by atoms with van der Waals surface area (Å²) in [4.78, 5) is 12.3. The summed E-state index contributed by atoms with van der Waals surface area (Å²) in [7, 11) is 0. The second-order valence-electron chi connectivity index (χ2n) is 6.37. The summed E-state index contributed by atoms with van der Waals surface area (Å²) >= 11 is 0. The molecule has 1 aliphatic rings. The molecule has 1 amide bonds. The topological polar surface area (TPSA) is 46.9 Å². The van der Waals surface area contributed by atoms with Gasteiger partial charge >= 0.3 is 0 Å². The number of hydrogen-bond donors (Lipinski definition) is 1. The number of amides is 1. The van der Waals surface area contributed by atoms with Gasteiger partial charge in [-0.2, -0.15) is 5.10 Å². The van der Waals surface area contributed by atoms with Gasteiger partial charge in [0, 0.05) is 12.2 Å². The molecule has 0 aliphatic heterocycles. The van der Waals surface area contributed by atoms with E-state index in [-0.39, 0.29) is 11.9 Å². The van der Waals surface area contributed by atoms with E-state index in [4.69, 9.17) is 0 Å². The molecule has 0 radical (unpaired) electrons. The van der Waals surface area contributed by atoms with Crippen molar-refractivity contribution in [2.45, 2.75) is 58.0 Å². The highest BCUT2D eigenvalue weighted by atomic mass is 16.2. The quantitative estimate of drug-likeness (QED) is 0.891. The van der Waals surface area contributed by atoms with Crippen LogP contribution in [0.15, 0.2) is 36.5 Å². The molecule has 1 aliphatic carbocycles. The number of rotatable bonds is 6. The third-order valence-electron chi connectivity index (χ3n) is 4.52. The Morgan fingerprint density at radius 3 is 2.78 bits per heavy atom. The number of nitrogens with zero attached hydrogens (tertiary/aromatic N) is 2. The number of carbonyl (C=O) groups is 1. The molecule has 3 rings (SSSR count). The van der Waals surface area contributed by atoms with Crippen LogP contribution in [0.5, 0.6) is 0 Å². The molecule has 1 heterocycles. The number of aromatic nitrogens is 2. The molecule has 0 saturated heterocycles. The Balaban J connectivity index is 1.56. The van der Waals surface area contributed by atoms with Crippen LogP contribution in [0.3, 0.4) is 0 Å². The lowest BCUT2D eigenvalue weighted by molar-refractivity contribution is -0.122. The van der Waals surface area contributed by atoms with Gasteiger partial charge in [0.05, 0.1) is 5.69 Å². The molecule has 4 heteroatoms. The van der Waals surface area contributed by atoms with Crippen molar-refractivity contribution in [1.82, 2.24) is 15.1 Å². The van der Waals surface area contributed by atoms with Gasteiger partial charge in [0.25, 0.3) is 0 Å². The van der Waals surface area contributed by atoms with E-state index in [2.05, 4.69) is 29.5 Å². The van der Waals surface area contributed by atoms with E-state index in [9.17, 15) is 4.79 Å². The molecule has 1 aromatic carbocycles. The number of fused-ring (bicyclic) bond motifs is 1. The molecule has 0 bridgehead atoms. The zero-order valence-electron chi connectivity index (χ0n) is 13.8. The maximum absolute atomic E-state index is 12.3. The van der Waals surface area contributed by atoms with E-state index in [0.29, 0.717) is 6.54 Å². The lowest BCUT2D eigenvalue weighted by Crippen LogP contribution is -2.38. The van der Waals surface area contributed by atoms with E-state index < -0.39 is 0 Å². The van der Waals surface area contributed by atoms with E-state index >= 15 is 0 Å². The third kappa shape index (κ3) is 4.21. The van der Waals surface area contributed by atoms with Crippen LogP contribution in [0.4, 0.5) is 0 Å². The van der Waals surface area contributed by atoms with Crippen LogP contribution < -0.4 is 5.32 Å². The Morgan fingerprint density at radius 1 is 1.26 bits per heavy atom. The molecule has 2 aromatic rings. The fourth-order valence-electron chi connectivity index (χ4n) is 3.23. The minimum Gasteiger partial charge on any atom is -0.351 e. The molecule has 1 N–H and O–H groups in total. The fourth-order valence-corrected chi connectivity index (χ4v) is 3.23. The Kier molecular flexibility index (Phi) is 5.11. The summed E-state index contributed by atoms with van der Waals surface area (Å²) in [5, 5.41) is 7.71. The number of hydrogen-bond acceptors (Lipinski definition) is 2. The number of carbonyl (C=O) groups excluding carboxylic acids is 1. The van der Waals surface area contributed by atoms with Crippen LogP contribution in [0, 0.1) is 0 Å². The van der Waals surface area contributed by atoms with Crippen LogP contribution >= 0.6 is 0 Å². The van der Waals surface area contributed by atoms with Crippen LogP contribution in [-0.2, 0) is 30.6 Å². The SMILES string of the molecule is CC[C@H](Cc1ccccc1)NC(=O)Cn1cc2c(n1)CCCC2. The number of benzene rings is 1. The number of aryl methyl sites for hydroxylation is 2. The zero-order chi connectivity index (χ0) is 16.1. The summed E-state index contributed by atoms with van der Waals surface area (Å²) < 4.78 is 1.81. The van der Waals surface area contributed by atoms with Crippen molar-refractivity contribution < 1.29 is 4.79 Å². The van der Waals surface area contributed by atoms with Gasteiger partial charge in [-0.15, -0.1) is 0 Å². The van der Waals surface area contributed by atoms with E-state index in [1.165, 1.54) is 29.7 Å².